The zero-order chi connectivity index (χ0) is 10.5. The quantitative estimate of drug-likeness (QED) is 0.664. The Morgan fingerprint density at radius 2 is 2.33 bits per heavy atom. The molecule has 1 aromatic rings. The molecule has 1 unspecified atom stereocenters. The number of nitrogens with zero attached hydrogens (tertiary/aromatic N) is 1. The summed E-state index contributed by atoms with van der Waals surface area (Å²) >= 11 is 0. The third-order valence-electron chi connectivity index (χ3n) is 3.88. The van der Waals surface area contributed by atoms with Crippen molar-refractivity contribution in [2.24, 2.45) is 0 Å². The predicted molar refractivity (Wildman–Crippen MR) is 60.4 cm³/mol. The molecule has 0 aromatic heterocycles. The van der Waals surface area contributed by atoms with E-state index in [-0.39, 0.29) is 5.54 Å². The molecule has 80 valence electrons. The molecule has 15 heavy (non-hydrogen) atoms. The van der Waals surface area contributed by atoms with Crippen LogP contribution < -0.4 is 10.2 Å². The van der Waals surface area contributed by atoms with Crippen molar-refractivity contribution in [3.8, 4) is 5.75 Å². The lowest BCUT2D eigenvalue weighted by atomic mass is 9.93. The minimum absolute atomic E-state index is 0.260. The molecule has 0 amide bonds. The van der Waals surface area contributed by atoms with Gasteiger partial charge in [-0.05, 0) is 31.0 Å². The Bertz CT molecular complexity index is 397. The van der Waals surface area contributed by atoms with Crippen LogP contribution in [0.5, 0.6) is 5.75 Å². The third kappa shape index (κ3) is 1.16. The monoisotopic (exact) mass is 204 g/mol. The molecule has 1 atom stereocenters. The lowest BCUT2D eigenvalue weighted by molar-refractivity contribution is 0.464. The normalized spacial score (nSPS) is 28.7. The molecule has 1 spiro atoms. The van der Waals surface area contributed by atoms with Gasteiger partial charge in [0.25, 0.3) is 0 Å². The van der Waals surface area contributed by atoms with Gasteiger partial charge in [-0.3, -0.25) is 0 Å². The molecule has 1 saturated heterocycles. The van der Waals surface area contributed by atoms with Crippen molar-refractivity contribution < 1.29 is 5.11 Å². The predicted octanol–water partition coefficient (Wildman–Crippen LogP) is 1.12. The van der Waals surface area contributed by atoms with E-state index in [1.807, 2.05) is 12.1 Å². The van der Waals surface area contributed by atoms with E-state index in [1.165, 1.54) is 17.7 Å². The number of rotatable bonds is 0. The van der Waals surface area contributed by atoms with Gasteiger partial charge >= 0.3 is 0 Å². The molecule has 3 nitrogen and oxygen atoms in total. The van der Waals surface area contributed by atoms with E-state index in [0.717, 1.165) is 19.5 Å². The second kappa shape index (κ2) is 2.89. The molecule has 0 bridgehead atoms. The van der Waals surface area contributed by atoms with Crippen LogP contribution in [0.4, 0.5) is 5.69 Å². The van der Waals surface area contributed by atoms with Crippen LogP contribution in [0.3, 0.4) is 0 Å². The summed E-state index contributed by atoms with van der Waals surface area (Å²) < 4.78 is 0. The van der Waals surface area contributed by atoms with E-state index in [0.29, 0.717) is 5.75 Å². The fourth-order valence-electron chi connectivity index (χ4n) is 2.91. The minimum Gasteiger partial charge on any atom is -0.508 e. The van der Waals surface area contributed by atoms with Crippen molar-refractivity contribution in [3.05, 3.63) is 23.8 Å². The fraction of sp³-hybridized carbons (Fsp3) is 0.500. The maximum absolute atomic E-state index is 9.50. The maximum atomic E-state index is 9.50. The first-order valence-electron chi connectivity index (χ1n) is 5.48. The van der Waals surface area contributed by atoms with Gasteiger partial charge in [-0.25, -0.2) is 0 Å². The number of fused-ring (bicyclic) bond motifs is 1. The molecular weight excluding hydrogens is 188 g/mol. The number of hydrogen-bond donors (Lipinski definition) is 2. The highest BCUT2D eigenvalue weighted by Crippen LogP contribution is 2.42. The highest BCUT2D eigenvalue weighted by molar-refractivity contribution is 5.64. The Morgan fingerprint density at radius 3 is 3.07 bits per heavy atom. The molecule has 3 heteroatoms. The minimum atomic E-state index is 0.260. The number of phenolic OH excluding ortho intramolecular Hbond substituents is 1. The topological polar surface area (TPSA) is 35.5 Å². The molecule has 2 heterocycles. The number of anilines is 1. The maximum Gasteiger partial charge on any atom is 0.117 e. The van der Waals surface area contributed by atoms with Crippen LogP contribution in [0.25, 0.3) is 0 Å². The van der Waals surface area contributed by atoms with Crippen LogP contribution in [-0.2, 0) is 6.42 Å². The standard InChI is InChI=1S/C12H16N2O/c1-14-11-6-10(15)3-2-9(11)7-12(14)4-5-13-8-12/h2-3,6,13,15H,4-5,7-8H2,1H3. The molecule has 2 aliphatic heterocycles. The van der Waals surface area contributed by atoms with Gasteiger partial charge in [0.05, 0.1) is 5.54 Å². The summed E-state index contributed by atoms with van der Waals surface area (Å²) in [6, 6.07) is 5.71. The number of hydrogen-bond acceptors (Lipinski definition) is 3. The Hall–Kier alpha value is -1.22. The SMILES string of the molecule is CN1c2cc(O)ccc2CC12CCNC2. The molecular formula is C12H16N2O. The molecule has 1 aromatic carbocycles. The van der Waals surface area contributed by atoms with Crippen LogP contribution in [0.15, 0.2) is 18.2 Å². The Morgan fingerprint density at radius 1 is 1.47 bits per heavy atom. The average molecular weight is 204 g/mol. The van der Waals surface area contributed by atoms with E-state index in [1.54, 1.807) is 6.07 Å². The Kier molecular flexibility index (Phi) is 1.74. The van der Waals surface area contributed by atoms with Crippen LogP contribution in [0, 0.1) is 0 Å². The molecule has 2 aliphatic rings. The average Bonchev–Trinajstić information content (AvgIpc) is 2.78. The Balaban J connectivity index is 2.04. The van der Waals surface area contributed by atoms with E-state index in [4.69, 9.17) is 0 Å². The van der Waals surface area contributed by atoms with Crippen molar-refractivity contribution in [1.82, 2.24) is 5.32 Å². The largest absolute Gasteiger partial charge is 0.508 e. The first kappa shape index (κ1) is 9.04. The van der Waals surface area contributed by atoms with Gasteiger partial charge in [0.15, 0.2) is 0 Å². The lowest BCUT2D eigenvalue weighted by Crippen LogP contribution is -2.46. The first-order valence-corrected chi connectivity index (χ1v) is 5.48. The van der Waals surface area contributed by atoms with E-state index >= 15 is 0 Å². The van der Waals surface area contributed by atoms with Crippen molar-refractivity contribution in [2.75, 3.05) is 25.0 Å². The van der Waals surface area contributed by atoms with E-state index < -0.39 is 0 Å². The number of likely N-dealkylation sites (N-methyl/N-ethyl adjacent to an activating group) is 1. The number of nitrogens with one attached hydrogen (secondary N) is 1. The van der Waals surface area contributed by atoms with Crippen LogP contribution in [0.1, 0.15) is 12.0 Å². The zero-order valence-corrected chi connectivity index (χ0v) is 8.95. The molecule has 3 rings (SSSR count). The first-order chi connectivity index (χ1) is 7.21. The highest BCUT2D eigenvalue weighted by Gasteiger charge is 2.43. The second-order valence-electron chi connectivity index (χ2n) is 4.70. The summed E-state index contributed by atoms with van der Waals surface area (Å²) in [7, 11) is 2.14. The summed E-state index contributed by atoms with van der Waals surface area (Å²) in [6.07, 6.45) is 2.30. The fourth-order valence-corrected chi connectivity index (χ4v) is 2.91. The summed E-state index contributed by atoms with van der Waals surface area (Å²) in [5.41, 5.74) is 2.81. The third-order valence-corrected chi connectivity index (χ3v) is 3.88. The summed E-state index contributed by atoms with van der Waals surface area (Å²) in [6.45, 7) is 2.16. The van der Waals surface area contributed by atoms with Gasteiger partial charge in [0, 0.05) is 25.3 Å². The summed E-state index contributed by atoms with van der Waals surface area (Å²) in [4.78, 5) is 2.34. The summed E-state index contributed by atoms with van der Waals surface area (Å²) in [5, 5.41) is 12.9. The van der Waals surface area contributed by atoms with Gasteiger partial charge in [0.1, 0.15) is 5.75 Å². The smallest absolute Gasteiger partial charge is 0.117 e. The van der Waals surface area contributed by atoms with Crippen LogP contribution >= 0.6 is 0 Å². The number of phenols is 1. The van der Waals surface area contributed by atoms with E-state index in [9.17, 15) is 5.11 Å². The molecule has 0 saturated carbocycles. The van der Waals surface area contributed by atoms with Gasteiger partial charge in [-0.1, -0.05) is 6.07 Å². The van der Waals surface area contributed by atoms with Crippen molar-refractivity contribution in [1.29, 1.82) is 0 Å². The van der Waals surface area contributed by atoms with E-state index in [2.05, 4.69) is 17.3 Å². The lowest BCUT2D eigenvalue weighted by Gasteiger charge is -2.33. The second-order valence-corrected chi connectivity index (χ2v) is 4.70. The summed E-state index contributed by atoms with van der Waals surface area (Å²) in [5.74, 6) is 0.364. The van der Waals surface area contributed by atoms with Gasteiger partial charge < -0.3 is 15.3 Å². The Labute approximate surface area is 89.7 Å². The number of aromatic hydroxyl groups is 1. The highest BCUT2D eigenvalue weighted by atomic mass is 16.3. The van der Waals surface area contributed by atoms with Crippen LogP contribution in [-0.4, -0.2) is 30.8 Å². The molecule has 2 N–H and O–H groups in total. The molecule has 0 aliphatic carbocycles. The van der Waals surface area contributed by atoms with Crippen molar-refractivity contribution >= 4 is 5.69 Å². The van der Waals surface area contributed by atoms with Crippen molar-refractivity contribution in [2.45, 2.75) is 18.4 Å². The zero-order valence-electron chi connectivity index (χ0n) is 8.95. The molecule has 0 radical (unpaired) electrons. The molecule has 1 fully saturated rings. The van der Waals surface area contributed by atoms with Crippen molar-refractivity contribution in [3.63, 3.8) is 0 Å². The van der Waals surface area contributed by atoms with Gasteiger partial charge in [0.2, 0.25) is 0 Å². The van der Waals surface area contributed by atoms with Gasteiger partial charge in [-0.15, -0.1) is 0 Å². The van der Waals surface area contributed by atoms with Gasteiger partial charge in [-0.2, -0.15) is 0 Å². The number of benzene rings is 1. The van der Waals surface area contributed by atoms with Crippen LogP contribution in [0.2, 0.25) is 0 Å².